The Balaban J connectivity index is 2.46. The zero-order valence-electron chi connectivity index (χ0n) is 11.4. The molecule has 0 saturated carbocycles. The molecule has 6 heteroatoms. The van der Waals surface area contributed by atoms with Gasteiger partial charge in [0.15, 0.2) is 0 Å². The van der Waals surface area contributed by atoms with Crippen molar-refractivity contribution in [2.45, 2.75) is 32.7 Å². The highest BCUT2D eigenvalue weighted by Crippen LogP contribution is 2.19. The second-order valence-electron chi connectivity index (χ2n) is 4.34. The summed E-state index contributed by atoms with van der Waals surface area (Å²) in [6.07, 6.45) is 1.56. The summed E-state index contributed by atoms with van der Waals surface area (Å²) in [5, 5.41) is 0. The predicted molar refractivity (Wildman–Crippen MR) is 77.6 cm³/mol. The normalized spacial score (nSPS) is 11.7. The lowest BCUT2D eigenvalue weighted by molar-refractivity contribution is 0.341. The molecule has 0 aliphatic rings. The summed E-state index contributed by atoms with van der Waals surface area (Å²) < 4.78 is 31.7. The van der Waals surface area contributed by atoms with Crippen molar-refractivity contribution in [2.24, 2.45) is 0 Å². The van der Waals surface area contributed by atoms with Crippen LogP contribution in [-0.4, -0.2) is 26.8 Å². The van der Waals surface area contributed by atoms with Crippen LogP contribution in [0.15, 0.2) is 24.3 Å². The summed E-state index contributed by atoms with van der Waals surface area (Å²) in [5.41, 5.74) is 6.21. The summed E-state index contributed by atoms with van der Waals surface area (Å²) in [5.74, 6) is 0.443. The molecular formula is C13H22N2O3S. The maximum absolute atomic E-state index is 11.8. The molecule has 0 aliphatic carbocycles. The van der Waals surface area contributed by atoms with Gasteiger partial charge in [0.05, 0.1) is 11.4 Å². The van der Waals surface area contributed by atoms with Gasteiger partial charge in [-0.25, -0.2) is 13.1 Å². The third kappa shape index (κ3) is 5.48. The Morgan fingerprint density at radius 3 is 2.47 bits per heavy atom. The van der Waals surface area contributed by atoms with E-state index in [1.807, 2.05) is 13.8 Å². The van der Waals surface area contributed by atoms with Gasteiger partial charge >= 0.3 is 0 Å². The number of rotatable bonds is 8. The SMILES string of the molecule is CCC(CC)NS(=O)(=O)CCOc1ccccc1N. The van der Waals surface area contributed by atoms with Gasteiger partial charge in [0, 0.05) is 6.04 Å². The van der Waals surface area contributed by atoms with Crippen LogP contribution in [0.1, 0.15) is 26.7 Å². The van der Waals surface area contributed by atoms with Crippen LogP contribution in [0.25, 0.3) is 0 Å². The molecule has 19 heavy (non-hydrogen) atoms. The Hall–Kier alpha value is -1.27. The minimum Gasteiger partial charge on any atom is -0.490 e. The van der Waals surface area contributed by atoms with Gasteiger partial charge in [-0.3, -0.25) is 0 Å². The topological polar surface area (TPSA) is 81.4 Å². The van der Waals surface area contributed by atoms with Crippen molar-refractivity contribution in [3.05, 3.63) is 24.3 Å². The molecule has 5 nitrogen and oxygen atoms in total. The van der Waals surface area contributed by atoms with E-state index in [0.29, 0.717) is 11.4 Å². The number of para-hydroxylation sites is 2. The lowest BCUT2D eigenvalue weighted by atomic mass is 10.2. The molecule has 0 unspecified atom stereocenters. The molecule has 1 aromatic carbocycles. The first-order valence-electron chi connectivity index (χ1n) is 6.45. The molecule has 0 spiro atoms. The number of hydrogen-bond donors (Lipinski definition) is 2. The highest BCUT2D eigenvalue weighted by atomic mass is 32.2. The van der Waals surface area contributed by atoms with Crippen LogP contribution in [0.2, 0.25) is 0 Å². The molecule has 3 N–H and O–H groups in total. The van der Waals surface area contributed by atoms with Crippen molar-refractivity contribution in [1.29, 1.82) is 0 Å². The lowest BCUT2D eigenvalue weighted by Crippen LogP contribution is -2.36. The van der Waals surface area contributed by atoms with Gasteiger partial charge in [0.1, 0.15) is 12.4 Å². The molecule has 0 aromatic heterocycles. The molecule has 0 aliphatic heterocycles. The maximum Gasteiger partial charge on any atom is 0.215 e. The Kier molecular flexibility index (Phi) is 6.11. The molecular weight excluding hydrogens is 264 g/mol. The van der Waals surface area contributed by atoms with Crippen LogP contribution in [0, 0.1) is 0 Å². The van der Waals surface area contributed by atoms with Gasteiger partial charge in [0.25, 0.3) is 0 Å². The number of sulfonamides is 1. The fourth-order valence-electron chi connectivity index (χ4n) is 1.64. The van der Waals surface area contributed by atoms with E-state index < -0.39 is 10.0 Å². The zero-order chi connectivity index (χ0) is 14.3. The number of ether oxygens (including phenoxy) is 1. The van der Waals surface area contributed by atoms with E-state index in [4.69, 9.17) is 10.5 Å². The van der Waals surface area contributed by atoms with Gasteiger partial charge < -0.3 is 10.5 Å². The fourth-order valence-corrected chi connectivity index (χ4v) is 2.90. The smallest absolute Gasteiger partial charge is 0.215 e. The van der Waals surface area contributed by atoms with Crippen LogP contribution >= 0.6 is 0 Å². The first-order valence-corrected chi connectivity index (χ1v) is 8.11. The average Bonchev–Trinajstić information content (AvgIpc) is 2.38. The van der Waals surface area contributed by atoms with Crippen molar-refractivity contribution < 1.29 is 13.2 Å². The highest BCUT2D eigenvalue weighted by Gasteiger charge is 2.15. The Morgan fingerprint density at radius 2 is 1.89 bits per heavy atom. The Morgan fingerprint density at radius 1 is 1.26 bits per heavy atom. The lowest BCUT2D eigenvalue weighted by Gasteiger charge is -2.15. The first-order chi connectivity index (χ1) is 8.98. The van der Waals surface area contributed by atoms with Crippen molar-refractivity contribution >= 4 is 15.7 Å². The summed E-state index contributed by atoms with van der Waals surface area (Å²) >= 11 is 0. The third-order valence-corrected chi connectivity index (χ3v) is 4.26. The number of nitrogen functional groups attached to an aromatic ring is 1. The summed E-state index contributed by atoms with van der Waals surface area (Å²) in [6.45, 7) is 4.00. The van der Waals surface area contributed by atoms with E-state index in [1.165, 1.54) is 0 Å². The van der Waals surface area contributed by atoms with Crippen molar-refractivity contribution in [3.8, 4) is 5.75 Å². The van der Waals surface area contributed by atoms with Crippen LogP contribution in [0.3, 0.4) is 0 Å². The average molecular weight is 286 g/mol. The molecule has 0 bridgehead atoms. The molecule has 0 amide bonds. The second kappa shape index (κ2) is 7.35. The Labute approximate surface area is 115 Å². The van der Waals surface area contributed by atoms with Gasteiger partial charge in [-0.15, -0.1) is 0 Å². The quantitative estimate of drug-likeness (QED) is 0.713. The van der Waals surface area contributed by atoms with Crippen LogP contribution in [0.4, 0.5) is 5.69 Å². The molecule has 1 aromatic rings. The minimum absolute atomic E-state index is 0.00760. The van der Waals surface area contributed by atoms with Crippen LogP contribution in [-0.2, 0) is 10.0 Å². The summed E-state index contributed by atoms with van der Waals surface area (Å²) in [7, 11) is -3.30. The van der Waals surface area contributed by atoms with Gasteiger partial charge in [-0.1, -0.05) is 26.0 Å². The predicted octanol–water partition coefficient (Wildman–Crippen LogP) is 1.76. The first kappa shape index (κ1) is 15.8. The Bertz CT molecular complexity index is 484. The molecule has 0 saturated heterocycles. The van der Waals surface area contributed by atoms with Crippen LogP contribution in [0.5, 0.6) is 5.75 Å². The van der Waals surface area contributed by atoms with Gasteiger partial charge in [0.2, 0.25) is 10.0 Å². The van der Waals surface area contributed by atoms with E-state index in [0.717, 1.165) is 12.8 Å². The van der Waals surface area contributed by atoms with E-state index in [1.54, 1.807) is 24.3 Å². The minimum atomic E-state index is -3.30. The summed E-state index contributed by atoms with van der Waals surface area (Å²) in [6, 6.07) is 7.02. The molecule has 0 atom stereocenters. The molecule has 0 fully saturated rings. The van der Waals surface area contributed by atoms with Gasteiger partial charge in [-0.2, -0.15) is 0 Å². The number of nitrogens with one attached hydrogen (secondary N) is 1. The second-order valence-corrected chi connectivity index (χ2v) is 6.21. The van der Waals surface area contributed by atoms with E-state index in [2.05, 4.69) is 4.72 Å². The standard InChI is InChI=1S/C13H22N2O3S/c1-3-11(4-2)15-19(16,17)10-9-18-13-8-6-5-7-12(13)14/h5-8,11,15H,3-4,9-10,14H2,1-2H3. The van der Waals surface area contributed by atoms with Crippen molar-refractivity contribution in [3.63, 3.8) is 0 Å². The molecule has 1 rings (SSSR count). The van der Waals surface area contributed by atoms with Crippen molar-refractivity contribution in [2.75, 3.05) is 18.1 Å². The van der Waals surface area contributed by atoms with E-state index in [9.17, 15) is 8.42 Å². The fraction of sp³-hybridized carbons (Fsp3) is 0.538. The van der Waals surface area contributed by atoms with E-state index in [-0.39, 0.29) is 18.4 Å². The molecule has 0 heterocycles. The number of hydrogen-bond acceptors (Lipinski definition) is 4. The third-order valence-electron chi connectivity index (χ3n) is 2.86. The number of nitrogens with two attached hydrogens (primary N) is 1. The zero-order valence-corrected chi connectivity index (χ0v) is 12.2. The number of benzene rings is 1. The number of anilines is 1. The summed E-state index contributed by atoms with van der Waals surface area (Å²) in [4.78, 5) is 0. The largest absolute Gasteiger partial charge is 0.490 e. The van der Waals surface area contributed by atoms with Crippen molar-refractivity contribution in [1.82, 2.24) is 4.72 Å². The molecule has 108 valence electrons. The monoisotopic (exact) mass is 286 g/mol. The van der Waals surface area contributed by atoms with E-state index >= 15 is 0 Å². The highest BCUT2D eigenvalue weighted by molar-refractivity contribution is 7.89. The van der Waals surface area contributed by atoms with Crippen LogP contribution < -0.4 is 15.2 Å². The maximum atomic E-state index is 11.8. The molecule has 0 radical (unpaired) electrons. The van der Waals surface area contributed by atoms with Gasteiger partial charge in [-0.05, 0) is 25.0 Å².